The van der Waals surface area contributed by atoms with Crippen molar-refractivity contribution >= 4 is 23.4 Å². The van der Waals surface area contributed by atoms with E-state index in [-0.39, 0.29) is 22.1 Å². The van der Waals surface area contributed by atoms with Crippen LogP contribution in [0.1, 0.15) is 12.7 Å². The first kappa shape index (κ1) is 19.6. The lowest BCUT2D eigenvalue weighted by Gasteiger charge is -2.14. The van der Waals surface area contributed by atoms with Crippen molar-refractivity contribution in [3.05, 3.63) is 82.9 Å². The normalized spacial score (nSPS) is 15.3. The van der Waals surface area contributed by atoms with Crippen molar-refractivity contribution < 1.29 is 31.2 Å². The quantitative estimate of drug-likeness (QED) is 0.246. The van der Waals surface area contributed by atoms with Crippen LogP contribution in [-0.2, 0) is 4.79 Å². The van der Waals surface area contributed by atoms with Gasteiger partial charge in [0.15, 0.2) is 23.3 Å². The Hall–Kier alpha value is -3.75. The summed E-state index contributed by atoms with van der Waals surface area (Å²) in [5.74, 6) is -11.3. The Labute approximate surface area is 166 Å². The Morgan fingerprint density at radius 2 is 1.47 bits per heavy atom. The first-order valence-electron chi connectivity index (χ1n) is 8.58. The van der Waals surface area contributed by atoms with Gasteiger partial charge in [0.25, 0.3) is 5.91 Å². The molecule has 3 aromatic rings. The van der Waals surface area contributed by atoms with Crippen LogP contribution >= 0.6 is 0 Å². The molecule has 0 bridgehead atoms. The second-order valence-corrected chi connectivity index (χ2v) is 6.35. The fourth-order valence-corrected chi connectivity index (χ4v) is 2.95. The third kappa shape index (κ3) is 3.08. The van der Waals surface area contributed by atoms with E-state index in [4.69, 9.17) is 4.42 Å². The molecular weight excluding hydrogens is 407 g/mol. The van der Waals surface area contributed by atoms with Crippen LogP contribution in [0.25, 0.3) is 17.4 Å². The van der Waals surface area contributed by atoms with Crippen LogP contribution in [0.5, 0.6) is 0 Å². The molecule has 1 aliphatic rings. The van der Waals surface area contributed by atoms with Gasteiger partial charge < -0.3 is 4.42 Å². The van der Waals surface area contributed by atoms with Gasteiger partial charge in [-0.1, -0.05) is 30.3 Å². The Morgan fingerprint density at radius 3 is 2.10 bits per heavy atom. The molecule has 1 aromatic heterocycles. The first-order valence-corrected chi connectivity index (χ1v) is 8.58. The van der Waals surface area contributed by atoms with Crippen LogP contribution in [0.15, 0.2) is 57.6 Å². The Kier molecular flexibility index (Phi) is 4.73. The highest BCUT2D eigenvalue weighted by Crippen LogP contribution is 2.34. The summed E-state index contributed by atoms with van der Waals surface area (Å²) in [6.45, 7) is 1.36. The van der Waals surface area contributed by atoms with Gasteiger partial charge in [-0.3, -0.25) is 4.79 Å². The molecule has 0 atom stereocenters. The van der Waals surface area contributed by atoms with Crippen molar-refractivity contribution in [1.29, 1.82) is 0 Å². The molecular formula is C21H11F5N2O2. The van der Waals surface area contributed by atoms with Crippen LogP contribution in [0.3, 0.4) is 0 Å². The number of rotatable bonds is 3. The number of hydrazone groups is 1. The Morgan fingerprint density at radius 1 is 0.867 bits per heavy atom. The molecule has 0 saturated heterocycles. The number of hydrogen-bond acceptors (Lipinski definition) is 3. The predicted octanol–water partition coefficient (Wildman–Crippen LogP) is 5.45. The number of amides is 1. The summed E-state index contributed by atoms with van der Waals surface area (Å²) in [5.41, 5.74) is -0.758. The second kappa shape index (κ2) is 7.25. The molecule has 0 N–H and O–H groups in total. The van der Waals surface area contributed by atoms with Crippen molar-refractivity contribution in [3.63, 3.8) is 0 Å². The van der Waals surface area contributed by atoms with Crippen molar-refractivity contribution in [3.8, 4) is 11.3 Å². The summed E-state index contributed by atoms with van der Waals surface area (Å²) >= 11 is 0. The molecule has 1 amide bonds. The van der Waals surface area contributed by atoms with E-state index in [1.807, 2.05) is 30.3 Å². The van der Waals surface area contributed by atoms with Gasteiger partial charge in [-0.15, -0.1) is 0 Å². The van der Waals surface area contributed by atoms with Gasteiger partial charge in [0.1, 0.15) is 17.2 Å². The van der Waals surface area contributed by atoms with Crippen molar-refractivity contribution in [2.45, 2.75) is 6.92 Å². The highest BCUT2D eigenvalue weighted by atomic mass is 19.2. The van der Waals surface area contributed by atoms with E-state index < -0.39 is 40.7 Å². The van der Waals surface area contributed by atoms with E-state index >= 15 is 0 Å². The van der Waals surface area contributed by atoms with E-state index in [2.05, 4.69) is 5.10 Å². The average Bonchev–Trinajstić information content (AvgIpc) is 3.32. The zero-order chi connectivity index (χ0) is 21.6. The number of benzene rings is 2. The zero-order valence-electron chi connectivity index (χ0n) is 15.2. The van der Waals surface area contributed by atoms with Gasteiger partial charge in [0, 0.05) is 5.56 Å². The third-order valence-corrected chi connectivity index (χ3v) is 4.43. The van der Waals surface area contributed by atoms with Crippen LogP contribution in [0.2, 0.25) is 0 Å². The smallest absolute Gasteiger partial charge is 0.280 e. The first-order chi connectivity index (χ1) is 14.3. The summed E-state index contributed by atoms with van der Waals surface area (Å²) in [7, 11) is 0. The van der Waals surface area contributed by atoms with E-state index in [1.165, 1.54) is 13.0 Å². The summed E-state index contributed by atoms with van der Waals surface area (Å²) < 4.78 is 74.1. The molecule has 0 radical (unpaired) electrons. The lowest BCUT2D eigenvalue weighted by molar-refractivity contribution is -0.114. The Bertz CT molecular complexity index is 1200. The molecule has 4 nitrogen and oxygen atoms in total. The van der Waals surface area contributed by atoms with Gasteiger partial charge in [-0.05, 0) is 25.1 Å². The van der Waals surface area contributed by atoms with Crippen LogP contribution in [0.4, 0.5) is 27.6 Å². The summed E-state index contributed by atoms with van der Waals surface area (Å²) in [4.78, 5) is 12.6. The van der Waals surface area contributed by atoms with Crippen molar-refractivity contribution in [2.75, 3.05) is 5.01 Å². The maximum atomic E-state index is 14.1. The standard InChI is InChI=1S/C21H11F5N2O2/c1-10-13(9-12-7-8-14(30-12)11-5-3-2-4-6-11)21(29)28(27-10)20-18(25)16(23)15(22)17(24)19(20)26/h2-9H,1H3/b13-9+. The zero-order valence-corrected chi connectivity index (χ0v) is 15.2. The van der Waals surface area contributed by atoms with Crippen LogP contribution in [0, 0.1) is 29.1 Å². The third-order valence-electron chi connectivity index (χ3n) is 4.43. The minimum atomic E-state index is -2.32. The van der Waals surface area contributed by atoms with Crippen LogP contribution in [-0.4, -0.2) is 11.6 Å². The summed E-state index contributed by atoms with van der Waals surface area (Å²) in [5, 5.41) is 3.82. The number of carbonyl (C=O) groups excluding carboxylic acids is 1. The molecule has 0 unspecified atom stereocenters. The van der Waals surface area contributed by atoms with Gasteiger partial charge in [-0.25, -0.2) is 22.0 Å². The van der Waals surface area contributed by atoms with Crippen molar-refractivity contribution in [1.82, 2.24) is 0 Å². The highest BCUT2D eigenvalue weighted by molar-refractivity contribution is 6.32. The SMILES string of the molecule is CC1=NN(c2c(F)c(F)c(F)c(F)c2F)C(=O)/C1=C/c1ccc(-c2ccccc2)o1. The minimum absolute atomic E-state index is 0.0154. The number of anilines is 1. The molecule has 4 rings (SSSR count). The van der Waals surface area contributed by atoms with Gasteiger partial charge in [0.2, 0.25) is 5.82 Å². The van der Waals surface area contributed by atoms with E-state index in [0.717, 1.165) is 5.56 Å². The van der Waals surface area contributed by atoms with Crippen LogP contribution < -0.4 is 5.01 Å². The summed E-state index contributed by atoms with van der Waals surface area (Å²) in [6.07, 6.45) is 1.28. The monoisotopic (exact) mass is 418 g/mol. The molecule has 2 aromatic carbocycles. The molecule has 30 heavy (non-hydrogen) atoms. The minimum Gasteiger partial charge on any atom is -0.457 e. The largest absolute Gasteiger partial charge is 0.457 e. The molecule has 0 saturated carbocycles. The lowest BCUT2D eigenvalue weighted by atomic mass is 10.1. The molecule has 9 heteroatoms. The number of hydrogen-bond donors (Lipinski definition) is 0. The Balaban J connectivity index is 1.71. The number of carbonyl (C=O) groups is 1. The second-order valence-electron chi connectivity index (χ2n) is 6.35. The topological polar surface area (TPSA) is 45.8 Å². The van der Waals surface area contributed by atoms with Gasteiger partial charge in [0.05, 0.1) is 11.3 Å². The highest BCUT2D eigenvalue weighted by Gasteiger charge is 2.37. The fraction of sp³-hybridized carbons (Fsp3) is 0.0476. The molecule has 0 fully saturated rings. The maximum Gasteiger partial charge on any atom is 0.280 e. The van der Waals surface area contributed by atoms with Crippen molar-refractivity contribution in [2.24, 2.45) is 5.10 Å². The number of nitrogens with zero attached hydrogens (tertiary/aromatic N) is 2. The number of furan rings is 1. The fourth-order valence-electron chi connectivity index (χ4n) is 2.95. The molecule has 0 spiro atoms. The maximum absolute atomic E-state index is 14.1. The molecule has 0 aliphatic carbocycles. The van der Waals surface area contributed by atoms with Gasteiger partial charge in [-0.2, -0.15) is 10.1 Å². The summed E-state index contributed by atoms with van der Waals surface area (Å²) in [6, 6.07) is 12.3. The number of halogens is 5. The predicted molar refractivity (Wildman–Crippen MR) is 98.9 cm³/mol. The van der Waals surface area contributed by atoms with E-state index in [0.29, 0.717) is 5.76 Å². The lowest BCUT2D eigenvalue weighted by Crippen LogP contribution is -2.25. The van der Waals surface area contributed by atoms with E-state index in [9.17, 15) is 26.7 Å². The molecule has 152 valence electrons. The average molecular weight is 418 g/mol. The molecule has 2 heterocycles. The van der Waals surface area contributed by atoms with Gasteiger partial charge >= 0.3 is 0 Å². The van der Waals surface area contributed by atoms with E-state index in [1.54, 1.807) is 12.1 Å². The molecule has 1 aliphatic heterocycles.